The second-order valence-corrected chi connectivity index (χ2v) is 2.98. The minimum atomic E-state index is -0.812. The molecule has 0 amide bonds. The van der Waals surface area contributed by atoms with Crippen LogP contribution in [0.4, 0.5) is 4.39 Å². The van der Waals surface area contributed by atoms with E-state index in [9.17, 15) is 4.39 Å². The average Bonchev–Trinajstić information content (AvgIpc) is 2.05. The van der Waals surface area contributed by atoms with Gasteiger partial charge in [-0.05, 0) is 19.9 Å². The van der Waals surface area contributed by atoms with Crippen LogP contribution in [0, 0.1) is 5.82 Å². The van der Waals surface area contributed by atoms with Crippen LogP contribution in [-0.2, 0) is 10.4 Å². The second kappa shape index (κ2) is 3.16. The lowest BCUT2D eigenvalue weighted by Gasteiger charge is -2.22. The molecule has 1 aromatic rings. The minimum absolute atomic E-state index is 0.403. The molecule has 4 heteroatoms. The van der Waals surface area contributed by atoms with Crippen molar-refractivity contribution in [1.82, 2.24) is 4.98 Å². The molecule has 0 bridgehead atoms. The van der Waals surface area contributed by atoms with Crippen molar-refractivity contribution in [3.63, 3.8) is 0 Å². The minimum Gasteiger partial charge on any atom is -0.294 e. The van der Waals surface area contributed by atoms with Gasteiger partial charge in [-0.15, -0.1) is 0 Å². The summed E-state index contributed by atoms with van der Waals surface area (Å²) in [4.78, 5) is 8.26. The summed E-state index contributed by atoms with van der Waals surface area (Å²) in [6.45, 7) is 3.37. The zero-order valence-electron chi connectivity index (χ0n) is 7.04. The topological polar surface area (TPSA) is 48.1 Å². The number of hydrogen-bond donors (Lipinski definition) is 1. The van der Waals surface area contributed by atoms with Gasteiger partial charge in [0.15, 0.2) is 0 Å². The number of hydrogen-bond acceptors (Lipinski definition) is 3. The van der Waals surface area contributed by atoms with Gasteiger partial charge in [-0.1, -0.05) is 0 Å². The molecule has 0 aliphatic carbocycles. The lowest BCUT2D eigenvalue weighted by atomic mass is 9.99. The molecule has 0 aromatic carbocycles. The van der Waals surface area contributed by atoms with Crippen molar-refractivity contribution in [1.29, 1.82) is 0 Å². The zero-order chi connectivity index (χ0) is 9.19. The highest BCUT2D eigenvalue weighted by Gasteiger charge is 2.23. The van der Waals surface area contributed by atoms with E-state index in [4.69, 9.17) is 5.90 Å². The van der Waals surface area contributed by atoms with E-state index in [1.165, 1.54) is 6.20 Å². The van der Waals surface area contributed by atoms with Crippen molar-refractivity contribution in [3.05, 3.63) is 29.8 Å². The van der Waals surface area contributed by atoms with Crippen molar-refractivity contribution in [2.45, 2.75) is 19.4 Å². The van der Waals surface area contributed by atoms with Gasteiger partial charge in [0, 0.05) is 11.8 Å². The third-order valence-electron chi connectivity index (χ3n) is 1.72. The van der Waals surface area contributed by atoms with Gasteiger partial charge in [-0.2, -0.15) is 0 Å². The van der Waals surface area contributed by atoms with E-state index in [1.807, 2.05) is 0 Å². The van der Waals surface area contributed by atoms with E-state index in [1.54, 1.807) is 19.9 Å². The normalized spacial score (nSPS) is 11.7. The summed E-state index contributed by atoms with van der Waals surface area (Å²) in [5, 5.41) is 0. The van der Waals surface area contributed by atoms with E-state index >= 15 is 0 Å². The Labute approximate surface area is 70.3 Å². The van der Waals surface area contributed by atoms with Gasteiger partial charge in [0.1, 0.15) is 11.4 Å². The molecule has 0 aliphatic rings. The van der Waals surface area contributed by atoms with Crippen LogP contribution in [0.15, 0.2) is 18.5 Å². The van der Waals surface area contributed by atoms with Crippen molar-refractivity contribution in [2.24, 2.45) is 5.90 Å². The molecule has 3 nitrogen and oxygen atoms in total. The van der Waals surface area contributed by atoms with Gasteiger partial charge in [-0.3, -0.25) is 9.82 Å². The largest absolute Gasteiger partial charge is 0.294 e. The van der Waals surface area contributed by atoms with Crippen molar-refractivity contribution < 1.29 is 9.23 Å². The van der Waals surface area contributed by atoms with Crippen LogP contribution in [0.2, 0.25) is 0 Å². The number of nitrogens with two attached hydrogens (primary N) is 1. The Balaban J connectivity index is 3.10. The third-order valence-corrected chi connectivity index (χ3v) is 1.72. The molecule has 1 heterocycles. The lowest BCUT2D eigenvalue weighted by Crippen LogP contribution is -2.26. The fraction of sp³-hybridized carbons (Fsp3) is 0.375. The molecule has 0 saturated carbocycles. The molecule has 1 rings (SSSR count). The third kappa shape index (κ3) is 1.60. The maximum atomic E-state index is 13.1. The van der Waals surface area contributed by atoms with Crippen LogP contribution < -0.4 is 5.90 Å². The van der Waals surface area contributed by atoms with Crippen molar-refractivity contribution in [3.8, 4) is 0 Å². The highest BCUT2D eigenvalue weighted by atomic mass is 19.1. The first-order chi connectivity index (χ1) is 5.58. The average molecular weight is 170 g/mol. The smallest absolute Gasteiger partial charge is 0.147 e. The number of nitrogens with zero attached hydrogens (tertiary/aromatic N) is 1. The van der Waals surface area contributed by atoms with Crippen LogP contribution in [0.3, 0.4) is 0 Å². The zero-order valence-corrected chi connectivity index (χ0v) is 7.04. The van der Waals surface area contributed by atoms with Gasteiger partial charge in [0.25, 0.3) is 0 Å². The van der Waals surface area contributed by atoms with Gasteiger partial charge in [0.05, 0.1) is 6.20 Å². The second-order valence-electron chi connectivity index (χ2n) is 2.98. The first-order valence-corrected chi connectivity index (χ1v) is 3.56. The van der Waals surface area contributed by atoms with E-state index in [0.717, 1.165) is 6.20 Å². The Bertz CT molecular complexity index is 276. The Morgan fingerprint density at radius 2 is 2.25 bits per heavy atom. The molecule has 12 heavy (non-hydrogen) atoms. The Hall–Kier alpha value is -1.00. The molecular formula is C8H11FN2O. The number of aromatic nitrogens is 1. The quantitative estimate of drug-likeness (QED) is 0.681. The standard InChI is InChI=1S/C8H11FN2O/c1-8(2,12-10)6-3-4-11-5-7(6)9/h3-5H,10H2,1-2H3. The Morgan fingerprint density at radius 1 is 1.58 bits per heavy atom. The first-order valence-electron chi connectivity index (χ1n) is 3.56. The van der Waals surface area contributed by atoms with Crippen LogP contribution in [-0.4, -0.2) is 4.98 Å². The summed E-state index contributed by atoms with van der Waals surface area (Å²) < 4.78 is 13.1. The van der Waals surface area contributed by atoms with Crippen LogP contribution in [0.5, 0.6) is 0 Å². The Kier molecular flexibility index (Phi) is 2.40. The van der Waals surface area contributed by atoms with Gasteiger partial charge in [0.2, 0.25) is 0 Å². The Morgan fingerprint density at radius 3 is 2.75 bits per heavy atom. The molecular weight excluding hydrogens is 159 g/mol. The van der Waals surface area contributed by atoms with E-state index in [-0.39, 0.29) is 0 Å². The molecule has 0 unspecified atom stereocenters. The van der Waals surface area contributed by atoms with Gasteiger partial charge >= 0.3 is 0 Å². The summed E-state index contributed by atoms with van der Waals surface area (Å²) in [7, 11) is 0. The van der Waals surface area contributed by atoms with Crippen LogP contribution in [0.1, 0.15) is 19.4 Å². The molecule has 1 aromatic heterocycles. The summed E-state index contributed by atoms with van der Waals surface area (Å²) in [6.07, 6.45) is 2.63. The fourth-order valence-corrected chi connectivity index (χ4v) is 0.927. The summed E-state index contributed by atoms with van der Waals surface area (Å²) in [5.74, 6) is 4.61. The van der Waals surface area contributed by atoms with E-state index < -0.39 is 11.4 Å². The first kappa shape index (κ1) is 9.09. The molecule has 2 N–H and O–H groups in total. The predicted octanol–water partition coefficient (Wildman–Crippen LogP) is 1.35. The van der Waals surface area contributed by atoms with Gasteiger partial charge < -0.3 is 0 Å². The highest BCUT2D eigenvalue weighted by molar-refractivity contribution is 5.19. The SMILES string of the molecule is CC(C)(ON)c1ccncc1F. The number of pyridine rings is 1. The fourth-order valence-electron chi connectivity index (χ4n) is 0.927. The van der Waals surface area contributed by atoms with E-state index in [2.05, 4.69) is 9.82 Å². The highest BCUT2D eigenvalue weighted by Crippen LogP contribution is 2.24. The maximum Gasteiger partial charge on any atom is 0.147 e. The summed E-state index contributed by atoms with van der Waals surface area (Å²) in [5.41, 5.74) is -0.410. The predicted molar refractivity (Wildman–Crippen MR) is 42.5 cm³/mol. The molecule has 66 valence electrons. The summed E-state index contributed by atoms with van der Waals surface area (Å²) in [6, 6.07) is 1.54. The molecule has 0 atom stereocenters. The summed E-state index contributed by atoms with van der Waals surface area (Å²) >= 11 is 0. The van der Waals surface area contributed by atoms with Crippen molar-refractivity contribution >= 4 is 0 Å². The maximum absolute atomic E-state index is 13.1. The lowest BCUT2D eigenvalue weighted by molar-refractivity contribution is -0.0261. The van der Waals surface area contributed by atoms with E-state index in [0.29, 0.717) is 5.56 Å². The molecule has 0 radical (unpaired) electrons. The van der Waals surface area contributed by atoms with Crippen LogP contribution in [0.25, 0.3) is 0 Å². The monoisotopic (exact) mass is 170 g/mol. The molecule has 0 aliphatic heterocycles. The van der Waals surface area contributed by atoms with Crippen LogP contribution >= 0.6 is 0 Å². The molecule has 0 saturated heterocycles. The van der Waals surface area contributed by atoms with Crippen molar-refractivity contribution in [2.75, 3.05) is 0 Å². The molecule has 0 spiro atoms. The van der Waals surface area contributed by atoms with Gasteiger partial charge in [-0.25, -0.2) is 10.3 Å². The molecule has 0 fully saturated rings. The number of halogens is 1. The number of rotatable bonds is 2.